The van der Waals surface area contributed by atoms with Crippen LogP contribution in [-0.4, -0.2) is 29.3 Å². The molecule has 0 amide bonds. The molecule has 0 aliphatic heterocycles. The lowest BCUT2D eigenvalue weighted by Gasteiger charge is -2.16. The van der Waals surface area contributed by atoms with Gasteiger partial charge in [0.1, 0.15) is 17.0 Å². The lowest BCUT2D eigenvalue weighted by Crippen LogP contribution is -2.12. The van der Waals surface area contributed by atoms with Crippen molar-refractivity contribution in [3.05, 3.63) is 68.1 Å². The molecule has 10 heteroatoms. The predicted molar refractivity (Wildman–Crippen MR) is 161 cm³/mol. The van der Waals surface area contributed by atoms with Gasteiger partial charge in [0.15, 0.2) is 5.82 Å². The minimum atomic E-state index is -0.541. The topological polar surface area (TPSA) is 74.5 Å². The van der Waals surface area contributed by atoms with Crippen LogP contribution in [0.2, 0.25) is 10.0 Å². The Hall–Kier alpha value is -2.52. The molecular formula is C32H31Cl2FN2O4S. The molecule has 2 aromatic carbocycles. The quantitative estimate of drug-likeness (QED) is 0.172. The van der Waals surface area contributed by atoms with Gasteiger partial charge in [-0.2, -0.15) is 0 Å². The molecule has 4 aromatic rings. The normalized spacial score (nSPS) is 23.5. The summed E-state index contributed by atoms with van der Waals surface area (Å²) in [7, 11) is 1.30. The molecule has 0 spiro atoms. The van der Waals surface area contributed by atoms with Crippen molar-refractivity contribution in [2.45, 2.75) is 70.0 Å². The van der Waals surface area contributed by atoms with Gasteiger partial charge in [-0.3, -0.25) is 0 Å². The van der Waals surface area contributed by atoms with Crippen molar-refractivity contribution >= 4 is 50.7 Å². The first-order valence-electron chi connectivity index (χ1n) is 14.6. The molecular weight excluding hydrogens is 598 g/mol. The Morgan fingerprint density at radius 2 is 1.86 bits per heavy atom. The average Bonchev–Trinajstić information content (AvgIpc) is 3.26. The summed E-state index contributed by atoms with van der Waals surface area (Å²) in [6, 6.07) is 8.35. The van der Waals surface area contributed by atoms with Gasteiger partial charge in [-0.1, -0.05) is 34.4 Å². The first kappa shape index (κ1) is 28.3. The lowest BCUT2D eigenvalue weighted by molar-refractivity contribution is 0.0382. The van der Waals surface area contributed by atoms with Gasteiger partial charge >= 0.3 is 5.97 Å². The van der Waals surface area contributed by atoms with Crippen molar-refractivity contribution in [3.63, 3.8) is 0 Å². The molecule has 2 heterocycles. The average molecular weight is 630 g/mol. The van der Waals surface area contributed by atoms with Gasteiger partial charge in [-0.05, 0) is 93.4 Å². The second kappa shape index (κ2) is 11.5. The van der Waals surface area contributed by atoms with Crippen LogP contribution in [0.1, 0.15) is 77.6 Å². The van der Waals surface area contributed by atoms with Crippen molar-refractivity contribution in [3.8, 4) is 11.3 Å². The third-order valence-electron chi connectivity index (χ3n) is 9.18. The van der Waals surface area contributed by atoms with Crippen molar-refractivity contribution < 1.29 is 23.2 Å². The zero-order valence-corrected chi connectivity index (χ0v) is 25.5. The number of aryl methyl sites for hydroxylation is 1. The van der Waals surface area contributed by atoms with E-state index in [9.17, 15) is 9.18 Å². The molecule has 0 bridgehead atoms. The minimum absolute atomic E-state index is 0.216. The summed E-state index contributed by atoms with van der Waals surface area (Å²) >= 11 is 14.5. The molecule has 42 heavy (non-hydrogen) atoms. The van der Waals surface area contributed by atoms with Crippen LogP contribution >= 0.6 is 34.5 Å². The minimum Gasteiger partial charge on any atom is -0.465 e. The third-order valence-corrected chi connectivity index (χ3v) is 10.9. The molecule has 3 unspecified atom stereocenters. The molecule has 0 saturated heterocycles. The first-order valence-corrected chi connectivity index (χ1v) is 16.2. The van der Waals surface area contributed by atoms with Crippen molar-refractivity contribution in [2.75, 3.05) is 7.11 Å². The monoisotopic (exact) mass is 628 g/mol. The second-order valence-corrected chi connectivity index (χ2v) is 13.9. The van der Waals surface area contributed by atoms with Crippen LogP contribution in [0.15, 0.2) is 34.9 Å². The maximum absolute atomic E-state index is 14.6. The molecule has 220 valence electrons. The third kappa shape index (κ3) is 5.47. The van der Waals surface area contributed by atoms with Gasteiger partial charge in [0.2, 0.25) is 0 Å². The number of carbonyl (C=O) groups excluding carboxylic acids is 1. The summed E-state index contributed by atoms with van der Waals surface area (Å²) in [5, 5.41) is 6.42. The van der Waals surface area contributed by atoms with Crippen molar-refractivity contribution in [1.29, 1.82) is 0 Å². The smallest absolute Gasteiger partial charge is 0.338 e. The van der Waals surface area contributed by atoms with Crippen LogP contribution in [0.3, 0.4) is 0 Å². The molecule has 3 fully saturated rings. The fourth-order valence-electron chi connectivity index (χ4n) is 7.01. The Balaban J connectivity index is 0.956. The standard InChI is InChI=1S/C32H31Cl2FN2O4S/c1-39-32(38)20-13-25(35)30-26(14-20)42-27(36-30)8-5-16-9-18-11-21(12-19(18)10-16)40-15-22-29(37-41-31(22)17-6-7-17)28-23(33)3-2-4-24(28)34/h2-4,13-14,16-19,21H,5-12,15H2,1H3/t16?,18-,19?,21?/m1/s1. The summed E-state index contributed by atoms with van der Waals surface area (Å²) in [4.78, 5) is 16.4. The molecule has 7 rings (SSSR count). The second-order valence-electron chi connectivity index (χ2n) is 11.9. The van der Waals surface area contributed by atoms with Gasteiger partial charge in [0.05, 0.1) is 45.1 Å². The van der Waals surface area contributed by atoms with E-state index in [-0.39, 0.29) is 11.7 Å². The van der Waals surface area contributed by atoms with Gasteiger partial charge in [0.25, 0.3) is 0 Å². The highest BCUT2D eigenvalue weighted by molar-refractivity contribution is 7.18. The number of esters is 1. The molecule has 0 radical (unpaired) electrons. The van der Waals surface area contributed by atoms with Crippen molar-refractivity contribution in [1.82, 2.24) is 10.1 Å². The molecule has 0 N–H and O–H groups in total. The highest BCUT2D eigenvalue weighted by Crippen LogP contribution is 2.50. The number of fused-ring (bicyclic) bond motifs is 2. The van der Waals surface area contributed by atoms with E-state index < -0.39 is 11.8 Å². The number of carbonyl (C=O) groups is 1. The van der Waals surface area contributed by atoms with Crippen LogP contribution in [-0.2, 0) is 22.5 Å². The molecule has 3 aliphatic rings. The number of hydrogen-bond donors (Lipinski definition) is 0. The Bertz CT molecular complexity index is 1620. The number of ether oxygens (including phenoxy) is 2. The van der Waals surface area contributed by atoms with Crippen molar-refractivity contribution in [2.24, 2.45) is 17.8 Å². The summed E-state index contributed by atoms with van der Waals surface area (Å²) in [5.41, 5.74) is 2.94. The SMILES string of the molecule is COC(=O)c1cc(F)c2nc(CCC3CC4CC(OCc5c(-c6c(Cl)cccc6Cl)noc5C5CC5)C[C@H]4C3)sc2c1. The largest absolute Gasteiger partial charge is 0.465 e. The van der Waals surface area contributed by atoms with Crippen LogP contribution in [0.25, 0.3) is 21.5 Å². The number of benzene rings is 2. The Morgan fingerprint density at radius 3 is 2.55 bits per heavy atom. The van der Waals surface area contributed by atoms with E-state index in [1.807, 2.05) is 18.2 Å². The molecule has 4 atom stereocenters. The van der Waals surface area contributed by atoms with Crippen LogP contribution < -0.4 is 0 Å². The lowest BCUT2D eigenvalue weighted by atomic mass is 9.97. The fourth-order valence-corrected chi connectivity index (χ4v) is 8.63. The number of thiazole rings is 1. The van der Waals surface area contributed by atoms with E-state index in [1.165, 1.54) is 37.4 Å². The Labute approximate surface area is 257 Å². The molecule has 2 aromatic heterocycles. The van der Waals surface area contributed by atoms with Gasteiger partial charge < -0.3 is 14.0 Å². The van der Waals surface area contributed by atoms with Gasteiger partial charge in [-0.15, -0.1) is 11.3 Å². The van der Waals surface area contributed by atoms with Crippen LogP contribution in [0.4, 0.5) is 4.39 Å². The summed E-state index contributed by atoms with van der Waals surface area (Å²) in [5.74, 6) is 2.26. The number of rotatable bonds is 9. The van der Waals surface area contributed by atoms with E-state index in [4.69, 9.17) is 37.2 Å². The van der Waals surface area contributed by atoms with Gasteiger partial charge in [0, 0.05) is 17.0 Å². The number of nitrogens with zero attached hydrogens (tertiary/aromatic N) is 2. The molecule has 3 aliphatic carbocycles. The first-order chi connectivity index (χ1) is 20.4. The fraction of sp³-hybridized carbons (Fsp3) is 0.469. The van der Waals surface area contributed by atoms with E-state index in [2.05, 4.69) is 10.1 Å². The Morgan fingerprint density at radius 1 is 1.12 bits per heavy atom. The summed E-state index contributed by atoms with van der Waals surface area (Å²) in [6.45, 7) is 0.450. The number of aromatic nitrogens is 2. The van der Waals surface area contributed by atoms with E-state index in [0.29, 0.717) is 61.8 Å². The molecule has 3 saturated carbocycles. The summed E-state index contributed by atoms with van der Waals surface area (Å²) < 4.78 is 32.3. The zero-order valence-electron chi connectivity index (χ0n) is 23.2. The highest BCUT2D eigenvalue weighted by atomic mass is 35.5. The zero-order chi connectivity index (χ0) is 29.0. The summed E-state index contributed by atoms with van der Waals surface area (Å²) in [6.07, 6.45) is 8.80. The van der Waals surface area contributed by atoms with E-state index in [1.54, 1.807) is 6.07 Å². The highest BCUT2D eigenvalue weighted by Gasteiger charge is 2.42. The maximum Gasteiger partial charge on any atom is 0.338 e. The van der Waals surface area contributed by atoms with Crippen LogP contribution in [0, 0.1) is 23.6 Å². The number of halogens is 3. The molecule has 6 nitrogen and oxygen atoms in total. The number of methoxy groups -OCH3 is 1. The van der Waals surface area contributed by atoms with E-state index >= 15 is 0 Å². The van der Waals surface area contributed by atoms with E-state index in [0.717, 1.165) is 54.9 Å². The predicted octanol–water partition coefficient (Wildman–Crippen LogP) is 9.02. The number of hydrogen-bond acceptors (Lipinski definition) is 7. The van der Waals surface area contributed by atoms with Gasteiger partial charge in [-0.25, -0.2) is 14.2 Å². The Kier molecular flexibility index (Phi) is 7.76. The maximum atomic E-state index is 14.6. The van der Waals surface area contributed by atoms with Crippen LogP contribution in [0.5, 0.6) is 0 Å².